The number of benzene rings is 3. The van der Waals surface area contributed by atoms with Gasteiger partial charge in [-0.15, -0.1) is 0 Å². The molecule has 3 aromatic rings. The number of amides is 2. The molecule has 0 aliphatic carbocycles. The summed E-state index contributed by atoms with van der Waals surface area (Å²) in [6.45, 7) is 4.43. The molecule has 1 fully saturated rings. The summed E-state index contributed by atoms with van der Waals surface area (Å²) >= 11 is 3.52. The van der Waals surface area contributed by atoms with Gasteiger partial charge in [0.1, 0.15) is 17.1 Å². The summed E-state index contributed by atoms with van der Waals surface area (Å²) in [7, 11) is 1.57. The van der Waals surface area contributed by atoms with Gasteiger partial charge in [-0.05, 0) is 49.6 Å². The Morgan fingerprint density at radius 1 is 1.15 bits per heavy atom. The van der Waals surface area contributed by atoms with Crippen molar-refractivity contribution in [2.24, 2.45) is 0 Å². The summed E-state index contributed by atoms with van der Waals surface area (Å²) in [5, 5.41) is 14.4. The van der Waals surface area contributed by atoms with E-state index >= 15 is 0 Å². The second-order valence-corrected chi connectivity index (χ2v) is 10.5. The van der Waals surface area contributed by atoms with Crippen molar-refractivity contribution in [1.82, 2.24) is 5.32 Å². The van der Waals surface area contributed by atoms with E-state index in [-0.39, 0.29) is 25.8 Å². The number of hydrogen-bond donors (Lipinski definition) is 2. The Morgan fingerprint density at radius 2 is 1.87 bits per heavy atom. The fourth-order valence-electron chi connectivity index (χ4n) is 4.91. The van der Waals surface area contributed by atoms with Crippen molar-refractivity contribution in [1.29, 1.82) is 0 Å². The number of nitrogens with zero attached hydrogens (tertiary/aromatic N) is 1. The molecule has 0 saturated carbocycles. The molecule has 0 spiro atoms. The van der Waals surface area contributed by atoms with E-state index in [0.29, 0.717) is 48.9 Å². The lowest BCUT2D eigenvalue weighted by Gasteiger charge is -2.43. The van der Waals surface area contributed by atoms with Crippen LogP contribution in [0, 0.1) is 0 Å². The zero-order valence-corrected chi connectivity index (χ0v) is 23.4. The number of carbonyl (C=O) groups is 2. The summed E-state index contributed by atoms with van der Waals surface area (Å²) in [6.07, 6.45) is 1.11. The number of halogens is 1. The van der Waals surface area contributed by atoms with Crippen molar-refractivity contribution in [2.45, 2.75) is 58.3 Å². The number of para-hydroxylation sites is 2. The van der Waals surface area contributed by atoms with Crippen LogP contribution >= 0.6 is 15.9 Å². The summed E-state index contributed by atoms with van der Waals surface area (Å²) < 4.78 is 19.0. The van der Waals surface area contributed by atoms with Gasteiger partial charge in [0, 0.05) is 22.7 Å². The van der Waals surface area contributed by atoms with Crippen LogP contribution in [0.25, 0.3) is 10.8 Å². The van der Waals surface area contributed by atoms with E-state index in [4.69, 9.17) is 14.2 Å². The van der Waals surface area contributed by atoms with Gasteiger partial charge in [-0.2, -0.15) is 0 Å². The fraction of sp³-hybridized carbons (Fsp3) is 0.400. The number of nitrogens with one attached hydrogen (secondary N) is 1. The van der Waals surface area contributed by atoms with Crippen LogP contribution in [0.5, 0.6) is 11.5 Å². The molecule has 1 aliphatic rings. The van der Waals surface area contributed by atoms with Crippen LogP contribution in [0.3, 0.4) is 0 Å². The Morgan fingerprint density at radius 3 is 2.54 bits per heavy atom. The highest BCUT2D eigenvalue weighted by molar-refractivity contribution is 9.10. The first-order chi connectivity index (χ1) is 18.3. The number of aliphatic hydroxyl groups excluding tert-OH is 1. The Labute approximate surface area is 238 Å². The number of carbonyl (C=O) groups excluding carboxylic acids is 2. The highest BCUT2D eigenvalue weighted by atomic mass is 79.9. The number of aliphatic hydroxyl groups is 1. The molecule has 1 aliphatic heterocycles. The average Bonchev–Trinajstić information content (AvgIpc) is 2.90. The van der Waals surface area contributed by atoms with E-state index in [1.54, 1.807) is 14.0 Å². The van der Waals surface area contributed by atoms with Crippen molar-refractivity contribution >= 4 is 50.4 Å². The van der Waals surface area contributed by atoms with Gasteiger partial charge in [0.25, 0.3) is 0 Å². The van der Waals surface area contributed by atoms with Crippen LogP contribution in [0.1, 0.15) is 40.5 Å². The van der Waals surface area contributed by atoms with E-state index in [1.807, 2.05) is 61.5 Å². The standard InChI is InChI=1S/C29H33BrN2O6.CH4/c1-19(34)16-27(35)31-20(2)29(12-14-37-15-13-29)38-25-7-5-4-6-24(25)32(18-33)28-23-10-9-22(30)17-21(23)8-11-26(28)36-3;/h4-11,17-20,34H,12-16H2,1-3H3,(H,31,35);1H4. The minimum Gasteiger partial charge on any atom is -0.495 e. The quantitative estimate of drug-likeness (QED) is 0.288. The first-order valence-corrected chi connectivity index (χ1v) is 13.4. The first-order valence-electron chi connectivity index (χ1n) is 12.6. The van der Waals surface area contributed by atoms with E-state index in [9.17, 15) is 14.7 Å². The Hall–Kier alpha value is -3.14. The van der Waals surface area contributed by atoms with Gasteiger partial charge in [-0.3, -0.25) is 14.5 Å². The number of methoxy groups -OCH3 is 1. The smallest absolute Gasteiger partial charge is 0.222 e. The van der Waals surface area contributed by atoms with Crippen molar-refractivity contribution in [3.05, 3.63) is 59.1 Å². The largest absolute Gasteiger partial charge is 0.495 e. The van der Waals surface area contributed by atoms with Gasteiger partial charge in [0.2, 0.25) is 12.3 Å². The molecule has 3 aromatic carbocycles. The molecule has 210 valence electrons. The van der Waals surface area contributed by atoms with E-state index in [1.165, 1.54) is 4.90 Å². The molecule has 4 rings (SSSR count). The van der Waals surface area contributed by atoms with Crippen molar-refractivity contribution in [3.8, 4) is 11.5 Å². The molecule has 8 nitrogen and oxygen atoms in total. The first kappa shape index (κ1) is 30.4. The summed E-state index contributed by atoms with van der Waals surface area (Å²) in [5.41, 5.74) is 0.373. The second kappa shape index (κ2) is 13.3. The van der Waals surface area contributed by atoms with Crippen LogP contribution in [0.4, 0.5) is 11.4 Å². The van der Waals surface area contributed by atoms with Gasteiger partial charge in [0.15, 0.2) is 0 Å². The van der Waals surface area contributed by atoms with E-state index in [2.05, 4.69) is 21.2 Å². The van der Waals surface area contributed by atoms with Gasteiger partial charge in [0.05, 0.1) is 50.3 Å². The molecule has 0 radical (unpaired) electrons. The van der Waals surface area contributed by atoms with Crippen LogP contribution < -0.4 is 19.7 Å². The van der Waals surface area contributed by atoms with Crippen LogP contribution in [-0.4, -0.2) is 55.5 Å². The van der Waals surface area contributed by atoms with Gasteiger partial charge in [-0.25, -0.2) is 0 Å². The normalized spacial score (nSPS) is 15.9. The monoisotopic (exact) mass is 600 g/mol. The second-order valence-electron chi connectivity index (χ2n) is 9.55. The molecule has 2 amide bonds. The van der Waals surface area contributed by atoms with Crippen LogP contribution in [0.15, 0.2) is 59.1 Å². The minimum absolute atomic E-state index is 0. The van der Waals surface area contributed by atoms with Crippen molar-refractivity contribution < 1.29 is 28.9 Å². The highest BCUT2D eigenvalue weighted by Crippen LogP contribution is 2.44. The number of hydrogen-bond acceptors (Lipinski definition) is 6. The minimum atomic E-state index is -0.773. The fourth-order valence-corrected chi connectivity index (χ4v) is 5.29. The molecular weight excluding hydrogens is 564 g/mol. The lowest BCUT2D eigenvalue weighted by molar-refractivity contribution is -0.127. The molecular formula is C30H37BrN2O6. The third kappa shape index (κ3) is 6.72. The highest BCUT2D eigenvalue weighted by Gasteiger charge is 2.42. The molecule has 9 heteroatoms. The predicted octanol–water partition coefficient (Wildman–Crippen LogP) is 5.75. The summed E-state index contributed by atoms with van der Waals surface area (Å²) in [6, 6.07) is 16.6. The van der Waals surface area contributed by atoms with E-state index < -0.39 is 11.7 Å². The maximum absolute atomic E-state index is 12.7. The van der Waals surface area contributed by atoms with Gasteiger partial charge in [-0.1, -0.05) is 47.6 Å². The zero-order chi connectivity index (χ0) is 27.3. The molecule has 2 unspecified atom stereocenters. The topological polar surface area (TPSA) is 97.3 Å². The molecule has 39 heavy (non-hydrogen) atoms. The van der Waals surface area contributed by atoms with Crippen molar-refractivity contribution in [2.75, 3.05) is 25.2 Å². The maximum atomic E-state index is 12.7. The Bertz CT molecular complexity index is 1290. The molecule has 0 aromatic heterocycles. The average molecular weight is 602 g/mol. The molecule has 1 heterocycles. The molecule has 2 N–H and O–H groups in total. The third-order valence-corrected chi connectivity index (χ3v) is 7.40. The number of fused-ring (bicyclic) bond motifs is 1. The zero-order valence-electron chi connectivity index (χ0n) is 21.8. The van der Waals surface area contributed by atoms with Crippen molar-refractivity contribution in [3.63, 3.8) is 0 Å². The van der Waals surface area contributed by atoms with Crippen LogP contribution in [0.2, 0.25) is 0 Å². The number of rotatable bonds is 10. The number of anilines is 2. The predicted molar refractivity (Wildman–Crippen MR) is 157 cm³/mol. The third-order valence-electron chi connectivity index (χ3n) is 6.91. The number of ether oxygens (including phenoxy) is 3. The lowest BCUT2D eigenvalue weighted by Crippen LogP contribution is -2.57. The van der Waals surface area contributed by atoms with Crippen LogP contribution in [-0.2, 0) is 14.3 Å². The molecule has 1 saturated heterocycles. The molecule has 0 bridgehead atoms. The van der Waals surface area contributed by atoms with E-state index in [0.717, 1.165) is 21.7 Å². The van der Waals surface area contributed by atoms with Gasteiger partial charge >= 0.3 is 0 Å². The summed E-state index contributed by atoms with van der Waals surface area (Å²) in [5.74, 6) is 0.784. The Balaban J connectivity index is 0.00000420. The lowest BCUT2D eigenvalue weighted by atomic mass is 9.86. The summed E-state index contributed by atoms with van der Waals surface area (Å²) in [4.78, 5) is 26.7. The maximum Gasteiger partial charge on any atom is 0.222 e. The van der Waals surface area contributed by atoms with Gasteiger partial charge < -0.3 is 24.6 Å². The SMILES string of the molecule is C.COc1ccc2cc(Br)ccc2c1N(C=O)c1ccccc1OC1(C(C)NC(=O)CC(C)O)CCOCC1. The Kier molecular flexibility index (Phi) is 10.4. The molecule has 2 atom stereocenters.